The number of amides is 1. The highest BCUT2D eigenvalue weighted by Gasteiger charge is 2.24. The lowest BCUT2D eigenvalue weighted by Gasteiger charge is -2.21. The Morgan fingerprint density at radius 2 is 2.05 bits per heavy atom. The first-order chi connectivity index (χ1) is 8.99. The van der Waals surface area contributed by atoms with Crippen LogP contribution < -0.4 is 5.32 Å². The van der Waals surface area contributed by atoms with Crippen molar-refractivity contribution in [2.75, 3.05) is 19.4 Å². The van der Waals surface area contributed by atoms with E-state index in [-0.39, 0.29) is 11.7 Å². The molecule has 0 unspecified atom stereocenters. The van der Waals surface area contributed by atoms with Crippen LogP contribution >= 0.6 is 0 Å². The van der Waals surface area contributed by atoms with Crippen LogP contribution in [0.1, 0.15) is 29.3 Å². The third kappa shape index (κ3) is 2.84. The summed E-state index contributed by atoms with van der Waals surface area (Å²) in [6.07, 6.45) is 3.36. The number of Topliss-reactive ketones (excluding diaryl/α,β-unsaturated/α-hetero) is 1. The number of carbonyl (C=O) groups excluding carboxylic acids is 2. The molecule has 2 rings (SSSR count). The van der Waals surface area contributed by atoms with Crippen molar-refractivity contribution in [2.45, 2.75) is 19.8 Å². The number of benzene rings is 1. The lowest BCUT2D eigenvalue weighted by Crippen LogP contribution is -2.19. The Balaban J connectivity index is 2.41. The van der Waals surface area contributed by atoms with Crippen LogP contribution in [0.3, 0.4) is 0 Å². The maximum absolute atomic E-state index is 12.4. The van der Waals surface area contributed by atoms with Gasteiger partial charge in [-0.2, -0.15) is 0 Å². The molecular formula is C15H18N2O2. The van der Waals surface area contributed by atoms with Crippen LogP contribution in [-0.4, -0.2) is 30.7 Å². The number of hydrogen-bond acceptors (Lipinski definition) is 3. The van der Waals surface area contributed by atoms with E-state index in [1.165, 1.54) is 6.92 Å². The molecule has 0 aromatic heterocycles. The number of fused-ring (bicyclic) bond motifs is 1. The predicted molar refractivity (Wildman–Crippen MR) is 75.2 cm³/mol. The van der Waals surface area contributed by atoms with Crippen LogP contribution in [0, 0.1) is 0 Å². The highest BCUT2D eigenvalue weighted by Crippen LogP contribution is 2.30. The van der Waals surface area contributed by atoms with E-state index in [0.717, 1.165) is 23.2 Å². The van der Waals surface area contributed by atoms with Crippen molar-refractivity contribution in [3.8, 4) is 0 Å². The minimum absolute atomic E-state index is 0.0575. The van der Waals surface area contributed by atoms with Gasteiger partial charge < -0.3 is 10.2 Å². The second kappa shape index (κ2) is 5.26. The van der Waals surface area contributed by atoms with Crippen molar-refractivity contribution in [3.63, 3.8) is 0 Å². The fourth-order valence-corrected chi connectivity index (χ4v) is 2.36. The van der Waals surface area contributed by atoms with E-state index < -0.39 is 0 Å². The lowest BCUT2D eigenvalue weighted by atomic mass is 9.86. The normalized spacial score (nSPS) is 16.2. The van der Waals surface area contributed by atoms with E-state index in [2.05, 4.69) is 5.32 Å². The molecule has 1 aliphatic carbocycles. The number of nitrogens with one attached hydrogen (secondary N) is 1. The van der Waals surface area contributed by atoms with Gasteiger partial charge in [-0.25, -0.2) is 0 Å². The Morgan fingerprint density at radius 1 is 1.32 bits per heavy atom. The zero-order valence-electron chi connectivity index (χ0n) is 11.5. The smallest absolute Gasteiger partial charge is 0.221 e. The summed E-state index contributed by atoms with van der Waals surface area (Å²) in [5.74, 6) is -0.0577. The summed E-state index contributed by atoms with van der Waals surface area (Å²) in [6.45, 7) is 1.47. The van der Waals surface area contributed by atoms with Gasteiger partial charge in [0.15, 0.2) is 5.78 Å². The van der Waals surface area contributed by atoms with Gasteiger partial charge in [0.1, 0.15) is 0 Å². The Labute approximate surface area is 113 Å². The molecule has 1 aromatic carbocycles. The van der Waals surface area contributed by atoms with E-state index in [1.807, 2.05) is 37.3 Å². The standard InChI is InChI=1S/C15H18N2O2/c1-10(18)16-14-6-4-5-13-12(14)8-7-11(15(13)19)9-17(2)3/h4-6,9H,7-8H2,1-3H3,(H,16,18). The Morgan fingerprint density at radius 3 is 2.68 bits per heavy atom. The number of nitrogens with zero attached hydrogens (tertiary/aromatic N) is 1. The first-order valence-electron chi connectivity index (χ1n) is 6.30. The molecule has 1 aliphatic rings. The number of carbonyl (C=O) groups is 2. The quantitative estimate of drug-likeness (QED) is 0.827. The Kier molecular flexibility index (Phi) is 3.69. The summed E-state index contributed by atoms with van der Waals surface area (Å²) in [5, 5.41) is 2.79. The minimum atomic E-state index is -0.115. The molecule has 0 atom stereocenters. The summed E-state index contributed by atoms with van der Waals surface area (Å²) in [6, 6.07) is 5.47. The molecule has 4 heteroatoms. The number of hydrogen-bond donors (Lipinski definition) is 1. The Bertz CT molecular complexity index is 559. The molecule has 0 spiro atoms. The Hall–Kier alpha value is -2.10. The van der Waals surface area contributed by atoms with Gasteiger partial charge in [-0.1, -0.05) is 12.1 Å². The van der Waals surface area contributed by atoms with E-state index in [1.54, 1.807) is 6.07 Å². The number of allylic oxidation sites excluding steroid dienone is 1. The zero-order valence-corrected chi connectivity index (χ0v) is 11.5. The van der Waals surface area contributed by atoms with Crippen LogP contribution in [-0.2, 0) is 11.2 Å². The number of ketones is 1. The molecule has 0 aliphatic heterocycles. The van der Waals surface area contributed by atoms with Crippen LogP contribution in [0.15, 0.2) is 30.0 Å². The summed E-state index contributed by atoms with van der Waals surface area (Å²) >= 11 is 0. The summed E-state index contributed by atoms with van der Waals surface area (Å²) in [7, 11) is 3.81. The summed E-state index contributed by atoms with van der Waals surface area (Å²) in [4.78, 5) is 25.4. The molecule has 0 fully saturated rings. The molecule has 1 N–H and O–H groups in total. The maximum atomic E-state index is 12.4. The zero-order chi connectivity index (χ0) is 14.0. The third-order valence-corrected chi connectivity index (χ3v) is 3.08. The van der Waals surface area contributed by atoms with E-state index in [4.69, 9.17) is 0 Å². The predicted octanol–water partition coefficient (Wildman–Crippen LogP) is 2.22. The molecule has 0 saturated carbocycles. The second-order valence-electron chi connectivity index (χ2n) is 4.96. The molecule has 0 heterocycles. The second-order valence-corrected chi connectivity index (χ2v) is 4.96. The minimum Gasteiger partial charge on any atom is -0.383 e. The SMILES string of the molecule is CC(=O)Nc1cccc2c1CCC(=CN(C)C)C2=O. The number of anilines is 1. The van der Waals surface area contributed by atoms with Crippen molar-refractivity contribution in [2.24, 2.45) is 0 Å². The molecule has 1 amide bonds. The summed E-state index contributed by atoms with van der Waals surface area (Å²) < 4.78 is 0. The fraction of sp³-hybridized carbons (Fsp3) is 0.333. The molecule has 0 radical (unpaired) electrons. The average Bonchev–Trinajstić information content (AvgIpc) is 2.32. The van der Waals surface area contributed by atoms with Gasteiger partial charge in [-0.05, 0) is 24.5 Å². The maximum Gasteiger partial charge on any atom is 0.221 e. The lowest BCUT2D eigenvalue weighted by molar-refractivity contribution is -0.114. The van der Waals surface area contributed by atoms with Gasteiger partial charge in [0, 0.05) is 44.0 Å². The molecule has 0 bridgehead atoms. The van der Waals surface area contributed by atoms with Crippen molar-refractivity contribution in [3.05, 3.63) is 41.1 Å². The average molecular weight is 258 g/mol. The van der Waals surface area contributed by atoms with E-state index >= 15 is 0 Å². The fourth-order valence-electron chi connectivity index (χ4n) is 2.36. The molecular weight excluding hydrogens is 240 g/mol. The monoisotopic (exact) mass is 258 g/mol. The van der Waals surface area contributed by atoms with Crippen LogP contribution in [0.4, 0.5) is 5.69 Å². The van der Waals surface area contributed by atoms with Gasteiger partial charge in [-0.15, -0.1) is 0 Å². The molecule has 1 aromatic rings. The van der Waals surface area contributed by atoms with Crippen LogP contribution in [0.25, 0.3) is 0 Å². The van der Waals surface area contributed by atoms with Gasteiger partial charge in [0.2, 0.25) is 5.91 Å². The topological polar surface area (TPSA) is 49.4 Å². The van der Waals surface area contributed by atoms with E-state index in [0.29, 0.717) is 12.0 Å². The molecule has 19 heavy (non-hydrogen) atoms. The highest BCUT2D eigenvalue weighted by molar-refractivity contribution is 6.11. The van der Waals surface area contributed by atoms with Crippen molar-refractivity contribution >= 4 is 17.4 Å². The van der Waals surface area contributed by atoms with Crippen molar-refractivity contribution < 1.29 is 9.59 Å². The first kappa shape index (κ1) is 13.3. The first-order valence-corrected chi connectivity index (χ1v) is 6.30. The van der Waals surface area contributed by atoms with Gasteiger partial charge in [-0.3, -0.25) is 9.59 Å². The summed E-state index contributed by atoms with van der Waals surface area (Å²) in [5.41, 5.74) is 3.21. The number of rotatable bonds is 2. The molecule has 4 nitrogen and oxygen atoms in total. The largest absolute Gasteiger partial charge is 0.383 e. The van der Waals surface area contributed by atoms with Gasteiger partial charge in [0.05, 0.1) is 0 Å². The highest BCUT2D eigenvalue weighted by atomic mass is 16.1. The molecule has 100 valence electrons. The van der Waals surface area contributed by atoms with Gasteiger partial charge in [0.25, 0.3) is 0 Å². The molecule has 0 saturated heterocycles. The van der Waals surface area contributed by atoms with Crippen LogP contribution in [0.5, 0.6) is 0 Å². The van der Waals surface area contributed by atoms with Crippen molar-refractivity contribution in [1.29, 1.82) is 0 Å². The van der Waals surface area contributed by atoms with Crippen LogP contribution in [0.2, 0.25) is 0 Å². The van der Waals surface area contributed by atoms with Crippen molar-refractivity contribution in [1.82, 2.24) is 4.90 Å². The van der Waals surface area contributed by atoms with Gasteiger partial charge >= 0.3 is 0 Å². The third-order valence-electron chi connectivity index (χ3n) is 3.08. The van der Waals surface area contributed by atoms with E-state index in [9.17, 15) is 9.59 Å².